The molecule has 1 aliphatic rings. The maximum atomic E-state index is 11.0. The summed E-state index contributed by atoms with van der Waals surface area (Å²) >= 11 is 0. The molecule has 0 saturated heterocycles. The van der Waals surface area contributed by atoms with Crippen LogP contribution in [0.4, 0.5) is 0 Å². The molecule has 13 heavy (non-hydrogen) atoms. The Balaban J connectivity index is 2.40. The van der Waals surface area contributed by atoms with E-state index in [1.54, 1.807) is 0 Å². The molecule has 1 amide bonds. The van der Waals surface area contributed by atoms with Crippen molar-refractivity contribution in [1.82, 2.24) is 5.43 Å². The van der Waals surface area contributed by atoms with Crippen LogP contribution in [0.15, 0.2) is 0 Å². The Morgan fingerprint density at radius 1 is 1.38 bits per heavy atom. The van der Waals surface area contributed by atoms with Crippen LogP contribution >= 0.6 is 0 Å². The van der Waals surface area contributed by atoms with Crippen molar-refractivity contribution < 1.29 is 9.90 Å². The average molecular weight is 186 g/mol. The maximum Gasteiger partial charge on any atom is 0.234 e. The van der Waals surface area contributed by atoms with Crippen molar-refractivity contribution in [2.75, 3.05) is 0 Å². The Hall–Kier alpha value is -0.610. The number of amides is 1. The molecule has 0 aromatic rings. The summed E-state index contributed by atoms with van der Waals surface area (Å²) < 4.78 is 0. The van der Waals surface area contributed by atoms with Gasteiger partial charge in [0.15, 0.2) is 0 Å². The smallest absolute Gasteiger partial charge is 0.234 e. The van der Waals surface area contributed by atoms with Crippen LogP contribution in [0.25, 0.3) is 0 Å². The van der Waals surface area contributed by atoms with E-state index >= 15 is 0 Å². The summed E-state index contributed by atoms with van der Waals surface area (Å²) in [6.07, 6.45) is 5.15. The summed E-state index contributed by atoms with van der Waals surface area (Å²) in [7, 11) is 0. The van der Waals surface area contributed by atoms with E-state index in [1.165, 1.54) is 0 Å². The second-order valence-corrected chi connectivity index (χ2v) is 3.74. The molecule has 1 rings (SSSR count). The van der Waals surface area contributed by atoms with Crippen molar-refractivity contribution >= 4 is 5.91 Å². The number of hydrazine groups is 1. The van der Waals surface area contributed by atoms with E-state index in [1.807, 2.05) is 0 Å². The highest BCUT2D eigenvalue weighted by atomic mass is 16.3. The topological polar surface area (TPSA) is 75.3 Å². The van der Waals surface area contributed by atoms with Gasteiger partial charge in [-0.1, -0.05) is 19.3 Å². The lowest BCUT2D eigenvalue weighted by Crippen LogP contribution is -2.34. The predicted octanol–water partition coefficient (Wildman–Crippen LogP) is 0.308. The van der Waals surface area contributed by atoms with Crippen molar-refractivity contribution in [1.29, 1.82) is 0 Å². The quantitative estimate of drug-likeness (QED) is 0.251. The standard InChI is InChI=1S/C9H18N2O2/c10-11-9(13)6-7-4-2-1-3-5-8(7)12/h7-8,12H,1-6,10H2,(H,11,13). The van der Waals surface area contributed by atoms with Crippen molar-refractivity contribution in [3.63, 3.8) is 0 Å². The zero-order chi connectivity index (χ0) is 9.68. The van der Waals surface area contributed by atoms with Crippen molar-refractivity contribution in [3.05, 3.63) is 0 Å². The highest BCUT2D eigenvalue weighted by Gasteiger charge is 2.23. The number of nitrogens with one attached hydrogen (secondary N) is 1. The molecular weight excluding hydrogens is 168 g/mol. The van der Waals surface area contributed by atoms with E-state index in [2.05, 4.69) is 5.43 Å². The third kappa shape index (κ3) is 3.32. The van der Waals surface area contributed by atoms with Crippen LogP contribution in [0.2, 0.25) is 0 Å². The van der Waals surface area contributed by atoms with Crippen molar-refractivity contribution in [2.45, 2.75) is 44.6 Å². The molecule has 1 fully saturated rings. The number of hydrogen-bond acceptors (Lipinski definition) is 3. The lowest BCUT2D eigenvalue weighted by atomic mass is 9.94. The number of carbonyl (C=O) groups excluding carboxylic acids is 1. The first-order chi connectivity index (χ1) is 6.24. The Labute approximate surface area is 78.5 Å². The Morgan fingerprint density at radius 3 is 2.77 bits per heavy atom. The minimum atomic E-state index is -0.320. The van der Waals surface area contributed by atoms with Gasteiger partial charge in [0.1, 0.15) is 0 Å². The molecule has 2 atom stereocenters. The number of nitrogens with two attached hydrogens (primary N) is 1. The van der Waals surface area contributed by atoms with Crippen LogP contribution in [0.3, 0.4) is 0 Å². The summed E-state index contributed by atoms with van der Waals surface area (Å²) in [5, 5.41) is 9.67. The van der Waals surface area contributed by atoms with E-state index in [4.69, 9.17) is 5.84 Å². The molecule has 4 nitrogen and oxygen atoms in total. The minimum absolute atomic E-state index is 0.103. The summed E-state index contributed by atoms with van der Waals surface area (Å²) in [6, 6.07) is 0. The van der Waals surface area contributed by atoms with E-state index in [9.17, 15) is 9.90 Å². The van der Waals surface area contributed by atoms with Crippen LogP contribution in [0.5, 0.6) is 0 Å². The molecule has 4 heteroatoms. The van der Waals surface area contributed by atoms with Crippen molar-refractivity contribution in [3.8, 4) is 0 Å². The Kier molecular flexibility index (Phi) is 4.18. The SMILES string of the molecule is NNC(=O)CC1CCCCCC1O. The predicted molar refractivity (Wildman–Crippen MR) is 49.5 cm³/mol. The first-order valence-electron chi connectivity index (χ1n) is 4.91. The second kappa shape index (κ2) is 5.19. The minimum Gasteiger partial charge on any atom is -0.393 e. The molecule has 2 unspecified atom stereocenters. The van der Waals surface area contributed by atoms with Gasteiger partial charge in [-0.15, -0.1) is 0 Å². The van der Waals surface area contributed by atoms with Crippen LogP contribution in [-0.4, -0.2) is 17.1 Å². The first kappa shape index (κ1) is 10.5. The van der Waals surface area contributed by atoms with Gasteiger partial charge in [0.05, 0.1) is 6.10 Å². The van der Waals surface area contributed by atoms with E-state index < -0.39 is 0 Å². The highest BCUT2D eigenvalue weighted by molar-refractivity contribution is 5.75. The molecule has 76 valence electrons. The third-order valence-electron chi connectivity index (χ3n) is 2.73. The molecule has 4 N–H and O–H groups in total. The molecule has 0 aromatic carbocycles. The van der Waals surface area contributed by atoms with Crippen LogP contribution < -0.4 is 11.3 Å². The molecule has 0 aliphatic heterocycles. The lowest BCUT2D eigenvalue weighted by molar-refractivity contribution is -0.123. The molecular formula is C9H18N2O2. The molecule has 0 bridgehead atoms. The van der Waals surface area contributed by atoms with E-state index in [0.717, 1.165) is 32.1 Å². The summed E-state index contributed by atoms with van der Waals surface area (Å²) in [5.41, 5.74) is 2.10. The van der Waals surface area contributed by atoms with Gasteiger partial charge in [0, 0.05) is 6.42 Å². The lowest BCUT2D eigenvalue weighted by Gasteiger charge is -2.18. The van der Waals surface area contributed by atoms with Crippen molar-refractivity contribution in [2.24, 2.45) is 11.8 Å². The van der Waals surface area contributed by atoms with E-state index in [-0.39, 0.29) is 17.9 Å². The monoisotopic (exact) mass is 186 g/mol. The summed E-state index contributed by atoms with van der Waals surface area (Å²) in [4.78, 5) is 11.0. The van der Waals surface area contributed by atoms with Gasteiger partial charge in [-0.05, 0) is 18.8 Å². The maximum absolute atomic E-state index is 11.0. The molecule has 1 saturated carbocycles. The largest absolute Gasteiger partial charge is 0.393 e. The number of hydrogen-bond donors (Lipinski definition) is 3. The number of aliphatic hydroxyl groups is 1. The third-order valence-corrected chi connectivity index (χ3v) is 2.73. The van der Waals surface area contributed by atoms with Crippen LogP contribution in [0.1, 0.15) is 38.5 Å². The normalized spacial score (nSPS) is 29.4. The summed E-state index contributed by atoms with van der Waals surface area (Å²) in [5.74, 6) is 4.92. The van der Waals surface area contributed by atoms with Gasteiger partial charge in [-0.25, -0.2) is 5.84 Å². The van der Waals surface area contributed by atoms with Gasteiger partial charge >= 0.3 is 0 Å². The van der Waals surface area contributed by atoms with Gasteiger partial charge in [0.25, 0.3) is 0 Å². The zero-order valence-electron chi connectivity index (χ0n) is 7.83. The fourth-order valence-corrected chi connectivity index (χ4v) is 1.90. The second-order valence-electron chi connectivity index (χ2n) is 3.74. The van der Waals surface area contributed by atoms with E-state index in [0.29, 0.717) is 6.42 Å². The molecule has 1 aliphatic carbocycles. The number of aliphatic hydroxyl groups excluding tert-OH is 1. The molecule has 0 heterocycles. The number of rotatable bonds is 2. The Morgan fingerprint density at radius 2 is 2.08 bits per heavy atom. The molecule has 0 radical (unpaired) electrons. The fourth-order valence-electron chi connectivity index (χ4n) is 1.90. The average Bonchev–Trinajstić information content (AvgIpc) is 2.32. The Bertz CT molecular complexity index is 173. The molecule has 0 spiro atoms. The first-order valence-corrected chi connectivity index (χ1v) is 4.91. The highest BCUT2D eigenvalue weighted by Crippen LogP contribution is 2.25. The van der Waals surface area contributed by atoms with Gasteiger partial charge in [0.2, 0.25) is 5.91 Å². The van der Waals surface area contributed by atoms with Crippen LogP contribution in [0, 0.1) is 5.92 Å². The van der Waals surface area contributed by atoms with Gasteiger partial charge in [-0.3, -0.25) is 10.2 Å². The number of carbonyl (C=O) groups is 1. The van der Waals surface area contributed by atoms with Gasteiger partial charge in [-0.2, -0.15) is 0 Å². The zero-order valence-corrected chi connectivity index (χ0v) is 7.83. The summed E-state index contributed by atoms with van der Waals surface area (Å²) in [6.45, 7) is 0. The van der Waals surface area contributed by atoms with Crippen LogP contribution in [-0.2, 0) is 4.79 Å². The molecule has 0 aromatic heterocycles. The fraction of sp³-hybridized carbons (Fsp3) is 0.889. The van der Waals surface area contributed by atoms with Gasteiger partial charge < -0.3 is 5.11 Å².